The van der Waals surface area contributed by atoms with Crippen LogP contribution in [0.15, 0.2) is 30.4 Å². The van der Waals surface area contributed by atoms with Crippen molar-refractivity contribution in [2.75, 3.05) is 13.1 Å². The summed E-state index contributed by atoms with van der Waals surface area (Å²) in [7, 11) is 0. The van der Waals surface area contributed by atoms with Gasteiger partial charge in [0.15, 0.2) is 0 Å². The molecule has 1 fully saturated rings. The Hall–Kier alpha value is -1.19. The van der Waals surface area contributed by atoms with Crippen LogP contribution in [-0.2, 0) is 13.1 Å². The third kappa shape index (κ3) is 5.13. The molecule has 0 spiro atoms. The highest BCUT2D eigenvalue weighted by atomic mass is 15.1. The third-order valence-electron chi connectivity index (χ3n) is 3.34. The first-order chi connectivity index (χ1) is 9.17. The standard InChI is InChI=1S/C16H25N3/c1-4-19(11-13(2)3)12-16-7-5-6-15(18-16)10-17-14-8-9-14/h5-7,14,17H,2,4,8-12H2,1,3H3. The Labute approximate surface area is 116 Å². The van der Waals surface area contributed by atoms with Crippen molar-refractivity contribution in [2.45, 2.75) is 45.8 Å². The van der Waals surface area contributed by atoms with Crippen molar-refractivity contribution in [3.8, 4) is 0 Å². The molecule has 1 aromatic heterocycles. The van der Waals surface area contributed by atoms with Crippen molar-refractivity contribution in [3.05, 3.63) is 41.7 Å². The summed E-state index contributed by atoms with van der Waals surface area (Å²) in [5.74, 6) is 0. The van der Waals surface area contributed by atoms with E-state index >= 15 is 0 Å². The van der Waals surface area contributed by atoms with Crippen LogP contribution in [0.2, 0.25) is 0 Å². The summed E-state index contributed by atoms with van der Waals surface area (Å²) in [4.78, 5) is 7.10. The van der Waals surface area contributed by atoms with Gasteiger partial charge in [0.05, 0.1) is 11.4 Å². The minimum absolute atomic E-state index is 0.737. The largest absolute Gasteiger partial charge is 0.308 e. The Morgan fingerprint density at radius 2 is 2.16 bits per heavy atom. The Morgan fingerprint density at radius 1 is 1.42 bits per heavy atom. The lowest BCUT2D eigenvalue weighted by Crippen LogP contribution is -2.25. The van der Waals surface area contributed by atoms with E-state index in [9.17, 15) is 0 Å². The Bertz CT molecular complexity index is 424. The number of pyridine rings is 1. The van der Waals surface area contributed by atoms with E-state index in [1.54, 1.807) is 0 Å². The molecule has 0 bridgehead atoms. The second-order valence-corrected chi connectivity index (χ2v) is 5.54. The molecular weight excluding hydrogens is 234 g/mol. The molecule has 0 radical (unpaired) electrons. The molecule has 1 aliphatic carbocycles. The molecule has 0 unspecified atom stereocenters. The Kier molecular flexibility index (Phi) is 5.11. The molecule has 2 rings (SSSR count). The lowest BCUT2D eigenvalue weighted by atomic mass is 10.2. The van der Waals surface area contributed by atoms with E-state index in [4.69, 9.17) is 4.98 Å². The van der Waals surface area contributed by atoms with Gasteiger partial charge in [-0.1, -0.05) is 25.1 Å². The van der Waals surface area contributed by atoms with Crippen molar-refractivity contribution in [2.24, 2.45) is 0 Å². The van der Waals surface area contributed by atoms with Gasteiger partial charge in [0.1, 0.15) is 0 Å². The lowest BCUT2D eigenvalue weighted by molar-refractivity contribution is 0.300. The van der Waals surface area contributed by atoms with Crippen LogP contribution in [0, 0.1) is 0 Å². The van der Waals surface area contributed by atoms with Crippen LogP contribution in [0.1, 0.15) is 38.1 Å². The summed E-state index contributed by atoms with van der Waals surface area (Å²) in [6.45, 7) is 12.0. The topological polar surface area (TPSA) is 28.2 Å². The molecule has 0 atom stereocenters. The van der Waals surface area contributed by atoms with E-state index in [-0.39, 0.29) is 0 Å². The highest BCUT2D eigenvalue weighted by molar-refractivity contribution is 5.12. The van der Waals surface area contributed by atoms with Gasteiger partial charge in [-0.3, -0.25) is 9.88 Å². The normalized spacial score (nSPS) is 14.9. The van der Waals surface area contributed by atoms with Gasteiger partial charge in [-0.05, 0) is 38.4 Å². The molecule has 1 aliphatic rings. The molecule has 3 heteroatoms. The quantitative estimate of drug-likeness (QED) is 0.728. The molecule has 3 nitrogen and oxygen atoms in total. The molecule has 19 heavy (non-hydrogen) atoms. The van der Waals surface area contributed by atoms with Gasteiger partial charge >= 0.3 is 0 Å². The summed E-state index contributed by atoms with van der Waals surface area (Å²) in [6.07, 6.45) is 2.64. The van der Waals surface area contributed by atoms with Crippen LogP contribution in [0.5, 0.6) is 0 Å². The summed E-state index contributed by atoms with van der Waals surface area (Å²) < 4.78 is 0. The third-order valence-corrected chi connectivity index (χ3v) is 3.34. The molecule has 1 heterocycles. The van der Waals surface area contributed by atoms with E-state index in [0.717, 1.165) is 43.6 Å². The maximum Gasteiger partial charge on any atom is 0.0547 e. The van der Waals surface area contributed by atoms with Crippen molar-refractivity contribution in [3.63, 3.8) is 0 Å². The molecule has 0 saturated heterocycles. The predicted molar refractivity (Wildman–Crippen MR) is 79.9 cm³/mol. The molecule has 1 aromatic rings. The fraction of sp³-hybridized carbons (Fsp3) is 0.562. The van der Waals surface area contributed by atoms with Crippen molar-refractivity contribution < 1.29 is 0 Å². The van der Waals surface area contributed by atoms with Crippen LogP contribution >= 0.6 is 0 Å². The molecule has 104 valence electrons. The second-order valence-electron chi connectivity index (χ2n) is 5.54. The zero-order valence-corrected chi connectivity index (χ0v) is 12.2. The monoisotopic (exact) mass is 259 g/mol. The van der Waals surface area contributed by atoms with Crippen molar-refractivity contribution in [1.82, 2.24) is 15.2 Å². The van der Waals surface area contributed by atoms with E-state index in [0.29, 0.717) is 0 Å². The fourth-order valence-electron chi connectivity index (χ4n) is 2.14. The van der Waals surface area contributed by atoms with Gasteiger partial charge < -0.3 is 5.32 Å². The zero-order valence-electron chi connectivity index (χ0n) is 12.2. The van der Waals surface area contributed by atoms with Crippen LogP contribution in [-0.4, -0.2) is 29.0 Å². The van der Waals surface area contributed by atoms with Gasteiger partial charge in [0.2, 0.25) is 0 Å². The van der Waals surface area contributed by atoms with E-state index in [1.165, 1.54) is 18.4 Å². The number of likely N-dealkylation sites (N-methyl/N-ethyl adjacent to an activating group) is 1. The Morgan fingerprint density at radius 3 is 2.79 bits per heavy atom. The molecule has 1 saturated carbocycles. The van der Waals surface area contributed by atoms with Crippen molar-refractivity contribution >= 4 is 0 Å². The van der Waals surface area contributed by atoms with Gasteiger partial charge in [-0.25, -0.2) is 0 Å². The van der Waals surface area contributed by atoms with Crippen molar-refractivity contribution in [1.29, 1.82) is 0 Å². The Balaban J connectivity index is 1.90. The molecular formula is C16H25N3. The lowest BCUT2D eigenvalue weighted by Gasteiger charge is -2.20. The summed E-state index contributed by atoms with van der Waals surface area (Å²) in [5.41, 5.74) is 3.50. The first kappa shape index (κ1) is 14.2. The van der Waals surface area contributed by atoms with E-state index in [2.05, 4.69) is 48.8 Å². The maximum absolute atomic E-state index is 4.73. The van der Waals surface area contributed by atoms with Gasteiger partial charge in [0.25, 0.3) is 0 Å². The molecule has 0 amide bonds. The summed E-state index contributed by atoms with van der Waals surface area (Å²) in [6, 6.07) is 7.07. The predicted octanol–water partition coefficient (Wildman–Crippen LogP) is 2.73. The summed E-state index contributed by atoms with van der Waals surface area (Å²) >= 11 is 0. The van der Waals surface area contributed by atoms with Crippen LogP contribution in [0.25, 0.3) is 0 Å². The first-order valence-electron chi connectivity index (χ1n) is 7.22. The zero-order chi connectivity index (χ0) is 13.7. The summed E-state index contributed by atoms with van der Waals surface area (Å²) in [5, 5.41) is 3.51. The molecule has 1 N–H and O–H groups in total. The van der Waals surface area contributed by atoms with Gasteiger partial charge in [0, 0.05) is 25.7 Å². The highest BCUT2D eigenvalue weighted by Gasteiger charge is 2.20. The van der Waals surface area contributed by atoms with Gasteiger partial charge in [-0.15, -0.1) is 0 Å². The highest BCUT2D eigenvalue weighted by Crippen LogP contribution is 2.19. The van der Waals surface area contributed by atoms with Gasteiger partial charge in [-0.2, -0.15) is 0 Å². The number of rotatable bonds is 8. The van der Waals surface area contributed by atoms with Crippen LogP contribution < -0.4 is 5.32 Å². The minimum Gasteiger partial charge on any atom is -0.308 e. The number of nitrogens with zero attached hydrogens (tertiary/aromatic N) is 2. The maximum atomic E-state index is 4.73. The fourth-order valence-corrected chi connectivity index (χ4v) is 2.14. The van der Waals surface area contributed by atoms with E-state index < -0.39 is 0 Å². The number of hydrogen-bond acceptors (Lipinski definition) is 3. The smallest absolute Gasteiger partial charge is 0.0547 e. The van der Waals surface area contributed by atoms with E-state index in [1.807, 2.05) is 0 Å². The number of nitrogens with one attached hydrogen (secondary N) is 1. The molecule has 0 aromatic carbocycles. The SMILES string of the molecule is C=C(C)CN(CC)Cc1cccc(CNC2CC2)n1. The number of aromatic nitrogens is 1. The average molecular weight is 259 g/mol. The first-order valence-corrected chi connectivity index (χ1v) is 7.22. The molecule has 0 aliphatic heterocycles. The van der Waals surface area contributed by atoms with Crippen LogP contribution in [0.3, 0.4) is 0 Å². The second kappa shape index (κ2) is 6.83. The average Bonchev–Trinajstić information content (AvgIpc) is 3.19. The minimum atomic E-state index is 0.737. The number of hydrogen-bond donors (Lipinski definition) is 1. The van der Waals surface area contributed by atoms with Crippen LogP contribution in [0.4, 0.5) is 0 Å².